The molecule has 1 aromatic carbocycles. The van der Waals surface area contributed by atoms with Crippen molar-refractivity contribution in [3.05, 3.63) is 48.0 Å². The SMILES string of the molecule is C=C1C2CCC(C(=O)CCc3ccccc3)(C1(C)C)C2(O)OC. The van der Waals surface area contributed by atoms with E-state index in [9.17, 15) is 9.90 Å². The summed E-state index contributed by atoms with van der Waals surface area (Å²) in [6.07, 6.45) is 2.54. The molecule has 2 saturated carbocycles. The van der Waals surface area contributed by atoms with Gasteiger partial charge in [-0.25, -0.2) is 0 Å². The second-order valence-electron chi connectivity index (χ2n) is 7.46. The Morgan fingerprint density at radius 1 is 1.35 bits per heavy atom. The van der Waals surface area contributed by atoms with E-state index in [2.05, 4.69) is 6.58 Å². The van der Waals surface area contributed by atoms with E-state index < -0.39 is 16.6 Å². The lowest BCUT2D eigenvalue weighted by Gasteiger charge is -2.45. The molecule has 3 rings (SSSR count). The maximum atomic E-state index is 13.3. The zero-order chi connectivity index (χ0) is 16.9. The fourth-order valence-corrected chi connectivity index (χ4v) is 5.03. The van der Waals surface area contributed by atoms with Crippen LogP contribution in [0, 0.1) is 16.7 Å². The van der Waals surface area contributed by atoms with Crippen molar-refractivity contribution >= 4 is 5.78 Å². The number of carbonyl (C=O) groups is 1. The standard InChI is InChI=1S/C20H26O3/c1-14-16-12-13-19(18(14,2)3,20(16,22)23-4)17(21)11-10-15-8-6-5-7-9-15/h5-9,16,22H,1,10-13H2,2-4H3. The minimum absolute atomic E-state index is 0.0943. The number of hydrogen-bond donors (Lipinski definition) is 1. The van der Waals surface area contributed by atoms with Crippen molar-refractivity contribution in [3.63, 3.8) is 0 Å². The van der Waals surface area contributed by atoms with Crippen LogP contribution in [0.4, 0.5) is 0 Å². The maximum Gasteiger partial charge on any atom is 0.185 e. The van der Waals surface area contributed by atoms with Crippen LogP contribution in [0.2, 0.25) is 0 Å². The van der Waals surface area contributed by atoms with E-state index in [0.29, 0.717) is 19.3 Å². The highest BCUT2D eigenvalue weighted by Gasteiger charge is 2.76. The number of carbonyl (C=O) groups excluding carboxylic acids is 1. The van der Waals surface area contributed by atoms with E-state index in [1.807, 2.05) is 44.2 Å². The average molecular weight is 314 g/mol. The number of benzene rings is 1. The predicted molar refractivity (Wildman–Crippen MR) is 89.8 cm³/mol. The van der Waals surface area contributed by atoms with Crippen LogP contribution >= 0.6 is 0 Å². The van der Waals surface area contributed by atoms with Crippen LogP contribution in [-0.4, -0.2) is 23.8 Å². The first-order valence-electron chi connectivity index (χ1n) is 8.35. The largest absolute Gasteiger partial charge is 0.364 e. The fourth-order valence-electron chi connectivity index (χ4n) is 5.03. The summed E-state index contributed by atoms with van der Waals surface area (Å²) in [5.74, 6) is -1.47. The van der Waals surface area contributed by atoms with Crippen molar-refractivity contribution in [2.75, 3.05) is 7.11 Å². The number of fused-ring (bicyclic) bond motifs is 2. The number of hydrogen-bond acceptors (Lipinski definition) is 3. The molecular weight excluding hydrogens is 288 g/mol. The normalized spacial score (nSPS) is 34.8. The summed E-state index contributed by atoms with van der Waals surface area (Å²) >= 11 is 0. The van der Waals surface area contributed by atoms with E-state index >= 15 is 0 Å². The molecule has 3 unspecified atom stereocenters. The number of methoxy groups -OCH3 is 1. The van der Waals surface area contributed by atoms with Crippen molar-refractivity contribution in [1.82, 2.24) is 0 Å². The van der Waals surface area contributed by atoms with Gasteiger partial charge in [0, 0.05) is 24.9 Å². The Morgan fingerprint density at radius 3 is 2.61 bits per heavy atom. The summed E-state index contributed by atoms with van der Waals surface area (Å²) in [6, 6.07) is 10.00. The quantitative estimate of drug-likeness (QED) is 0.668. The van der Waals surface area contributed by atoms with Crippen LogP contribution in [0.15, 0.2) is 42.5 Å². The van der Waals surface area contributed by atoms with Crippen molar-refractivity contribution in [2.24, 2.45) is 16.7 Å². The molecule has 124 valence electrons. The summed E-state index contributed by atoms with van der Waals surface area (Å²) < 4.78 is 5.54. The maximum absolute atomic E-state index is 13.3. The smallest absolute Gasteiger partial charge is 0.185 e. The molecule has 0 aromatic heterocycles. The molecule has 0 spiro atoms. The van der Waals surface area contributed by atoms with Gasteiger partial charge in [0.1, 0.15) is 5.78 Å². The molecule has 2 aliphatic rings. The number of aryl methyl sites for hydroxylation is 1. The zero-order valence-electron chi connectivity index (χ0n) is 14.3. The van der Waals surface area contributed by atoms with Gasteiger partial charge in [0.15, 0.2) is 5.79 Å². The number of ether oxygens (including phenoxy) is 1. The molecule has 3 nitrogen and oxygen atoms in total. The molecule has 1 aromatic rings. The van der Waals surface area contributed by atoms with Crippen molar-refractivity contribution in [2.45, 2.75) is 45.3 Å². The van der Waals surface area contributed by atoms with Gasteiger partial charge >= 0.3 is 0 Å². The monoisotopic (exact) mass is 314 g/mol. The molecule has 0 saturated heterocycles. The third-order valence-corrected chi connectivity index (χ3v) is 6.45. The summed E-state index contributed by atoms with van der Waals surface area (Å²) in [7, 11) is 1.51. The fraction of sp³-hybridized carbons (Fsp3) is 0.550. The van der Waals surface area contributed by atoms with Crippen LogP contribution in [-0.2, 0) is 16.0 Å². The molecule has 2 bridgehead atoms. The minimum Gasteiger partial charge on any atom is -0.364 e. The molecule has 3 atom stereocenters. The molecule has 23 heavy (non-hydrogen) atoms. The van der Waals surface area contributed by atoms with Crippen molar-refractivity contribution in [3.8, 4) is 0 Å². The first-order valence-corrected chi connectivity index (χ1v) is 8.35. The van der Waals surface area contributed by atoms with E-state index in [1.165, 1.54) is 7.11 Å². The number of Topliss-reactive ketones (excluding diaryl/α,β-unsaturated/α-hetero) is 1. The summed E-state index contributed by atoms with van der Waals surface area (Å²) in [5.41, 5.74) is 0.753. The zero-order valence-corrected chi connectivity index (χ0v) is 14.3. The Morgan fingerprint density at radius 2 is 2.00 bits per heavy atom. The molecular formula is C20H26O3. The number of aliphatic hydroxyl groups is 1. The highest BCUT2D eigenvalue weighted by Crippen LogP contribution is 2.71. The van der Waals surface area contributed by atoms with Gasteiger partial charge in [0.05, 0.1) is 5.41 Å². The summed E-state index contributed by atoms with van der Waals surface area (Å²) in [5, 5.41) is 11.2. The number of rotatable bonds is 5. The lowest BCUT2D eigenvalue weighted by Crippen LogP contribution is -2.55. The van der Waals surface area contributed by atoms with E-state index in [0.717, 1.165) is 17.6 Å². The first kappa shape index (κ1) is 16.4. The van der Waals surface area contributed by atoms with Gasteiger partial charge < -0.3 is 9.84 Å². The Hall–Kier alpha value is -1.45. The highest BCUT2D eigenvalue weighted by molar-refractivity contribution is 5.89. The van der Waals surface area contributed by atoms with Crippen LogP contribution in [0.1, 0.15) is 38.7 Å². The van der Waals surface area contributed by atoms with Gasteiger partial charge in [0.2, 0.25) is 0 Å². The lowest BCUT2D eigenvalue weighted by molar-refractivity contribution is -0.252. The summed E-state index contributed by atoms with van der Waals surface area (Å²) in [6.45, 7) is 8.24. The second-order valence-corrected chi connectivity index (χ2v) is 7.46. The molecule has 2 aliphatic carbocycles. The van der Waals surface area contributed by atoms with Crippen molar-refractivity contribution < 1.29 is 14.6 Å². The van der Waals surface area contributed by atoms with Gasteiger partial charge in [-0.3, -0.25) is 4.79 Å². The Labute approximate surface area is 138 Å². The van der Waals surface area contributed by atoms with Gasteiger partial charge in [-0.2, -0.15) is 0 Å². The molecule has 3 heteroatoms. The average Bonchev–Trinajstić information content (AvgIpc) is 2.92. The molecule has 0 heterocycles. The lowest BCUT2D eigenvalue weighted by atomic mass is 9.59. The molecule has 2 fully saturated rings. The molecule has 0 amide bonds. The third kappa shape index (κ3) is 1.93. The van der Waals surface area contributed by atoms with Gasteiger partial charge in [0.25, 0.3) is 0 Å². The minimum atomic E-state index is -1.42. The van der Waals surface area contributed by atoms with Gasteiger partial charge in [-0.15, -0.1) is 0 Å². The molecule has 1 N–H and O–H groups in total. The van der Waals surface area contributed by atoms with Crippen LogP contribution in [0.3, 0.4) is 0 Å². The molecule has 0 aliphatic heterocycles. The highest BCUT2D eigenvalue weighted by atomic mass is 16.6. The van der Waals surface area contributed by atoms with Gasteiger partial charge in [-0.05, 0) is 24.8 Å². The first-order chi connectivity index (χ1) is 10.8. The van der Waals surface area contributed by atoms with E-state index in [-0.39, 0.29) is 11.7 Å². The van der Waals surface area contributed by atoms with Crippen molar-refractivity contribution in [1.29, 1.82) is 0 Å². The topological polar surface area (TPSA) is 46.5 Å². The van der Waals surface area contributed by atoms with Crippen LogP contribution in [0.25, 0.3) is 0 Å². The summed E-state index contributed by atoms with van der Waals surface area (Å²) in [4.78, 5) is 13.3. The predicted octanol–water partition coefficient (Wildman–Crippen LogP) is 3.52. The number of ketones is 1. The Balaban J connectivity index is 1.92. The van der Waals surface area contributed by atoms with Crippen LogP contribution in [0.5, 0.6) is 0 Å². The van der Waals surface area contributed by atoms with E-state index in [4.69, 9.17) is 4.74 Å². The molecule has 0 radical (unpaired) electrons. The Bertz CT molecular complexity index is 634. The van der Waals surface area contributed by atoms with E-state index in [1.54, 1.807) is 0 Å². The Kier molecular flexibility index (Phi) is 3.77. The third-order valence-electron chi connectivity index (χ3n) is 6.45. The second kappa shape index (κ2) is 5.29. The van der Waals surface area contributed by atoms with Gasteiger partial charge in [-0.1, -0.05) is 56.3 Å². The van der Waals surface area contributed by atoms with Crippen LogP contribution < -0.4 is 0 Å².